The predicted octanol–water partition coefficient (Wildman–Crippen LogP) is 0.350. The maximum Gasteiger partial charge on any atom is 0.180 e. The van der Waals surface area contributed by atoms with Crippen LogP contribution in [0.2, 0.25) is 0 Å². The van der Waals surface area contributed by atoms with E-state index in [2.05, 4.69) is 19.9 Å². The molecular formula is C5H4FeN4. The SMILES string of the molecule is [Fe].c1ncc2[nH]cnc2n1. The van der Waals surface area contributed by atoms with Crippen molar-refractivity contribution in [1.82, 2.24) is 19.9 Å². The molecule has 0 aliphatic carbocycles. The number of nitrogens with one attached hydrogen (secondary N) is 1. The fourth-order valence-electron chi connectivity index (χ4n) is 0.691. The number of fused-ring (bicyclic) bond motifs is 1. The molecule has 0 radical (unpaired) electrons. The van der Waals surface area contributed by atoms with Gasteiger partial charge in [0.05, 0.1) is 12.5 Å². The Kier molecular flexibility index (Phi) is 1.99. The summed E-state index contributed by atoms with van der Waals surface area (Å²) in [6.45, 7) is 0. The van der Waals surface area contributed by atoms with Crippen molar-refractivity contribution in [3.63, 3.8) is 0 Å². The van der Waals surface area contributed by atoms with Gasteiger partial charge in [0.15, 0.2) is 5.65 Å². The Bertz CT molecular complexity index is 288. The Labute approximate surface area is 67.6 Å². The Morgan fingerprint density at radius 2 is 2.20 bits per heavy atom. The van der Waals surface area contributed by atoms with Gasteiger partial charge in [-0.1, -0.05) is 0 Å². The monoisotopic (exact) mass is 176 g/mol. The van der Waals surface area contributed by atoms with Gasteiger partial charge in [0.25, 0.3) is 0 Å². The quantitative estimate of drug-likeness (QED) is 0.589. The minimum absolute atomic E-state index is 0. The van der Waals surface area contributed by atoms with E-state index in [1.54, 1.807) is 12.5 Å². The van der Waals surface area contributed by atoms with Gasteiger partial charge in [0, 0.05) is 17.1 Å². The zero-order valence-electron chi connectivity index (χ0n) is 4.93. The first-order valence-corrected chi connectivity index (χ1v) is 2.56. The Hall–Kier alpha value is -0.931. The molecular weight excluding hydrogens is 172 g/mol. The molecule has 0 saturated heterocycles. The number of hydrogen-bond donors (Lipinski definition) is 1. The van der Waals surface area contributed by atoms with E-state index in [0.29, 0.717) is 5.65 Å². The molecule has 0 atom stereocenters. The molecule has 0 unspecified atom stereocenters. The summed E-state index contributed by atoms with van der Waals surface area (Å²) >= 11 is 0. The van der Waals surface area contributed by atoms with E-state index in [0.717, 1.165) is 5.52 Å². The third-order valence-electron chi connectivity index (χ3n) is 1.10. The van der Waals surface area contributed by atoms with Crippen LogP contribution >= 0.6 is 0 Å². The molecule has 2 aromatic heterocycles. The fraction of sp³-hybridized carbons (Fsp3) is 0. The van der Waals surface area contributed by atoms with E-state index in [9.17, 15) is 0 Å². The maximum atomic E-state index is 3.91. The Morgan fingerprint density at radius 1 is 1.30 bits per heavy atom. The van der Waals surface area contributed by atoms with Crippen LogP contribution in [0.15, 0.2) is 18.9 Å². The van der Waals surface area contributed by atoms with Crippen molar-refractivity contribution in [2.24, 2.45) is 0 Å². The molecule has 2 aromatic rings. The largest absolute Gasteiger partial charge is 0.342 e. The summed E-state index contributed by atoms with van der Waals surface area (Å²) < 4.78 is 0. The van der Waals surface area contributed by atoms with Gasteiger partial charge in [-0.3, -0.25) is 0 Å². The second kappa shape index (κ2) is 2.77. The van der Waals surface area contributed by atoms with Gasteiger partial charge >= 0.3 is 0 Å². The molecule has 0 fully saturated rings. The number of H-pyrrole nitrogens is 1. The van der Waals surface area contributed by atoms with E-state index in [1.165, 1.54) is 6.33 Å². The van der Waals surface area contributed by atoms with Crippen LogP contribution in [0.4, 0.5) is 0 Å². The van der Waals surface area contributed by atoms with E-state index < -0.39 is 0 Å². The van der Waals surface area contributed by atoms with E-state index in [1.807, 2.05) is 0 Å². The molecule has 2 heterocycles. The van der Waals surface area contributed by atoms with Gasteiger partial charge in [0.2, 0.25) is 0 Å². The van der Waals surface area contributed by atoms with Crippen molar-refractivity contribution in [3.8, 4) is 0 Å². The van der Waals surface area contributed by atoms with Gasteiger partial charge in [-0.25, -0.2) is 15.0 Å². The first-order chi connectivity index (χ1) is 4.47. The molecule has 10 heavy (non-hydrogen) atoms. The number of aromatic nitrogens is 4. The average Bonchev–Trinajstić information content (AvgIpc) is 2.33. The minimum atomic E-state index is 0. The van der Waals surface area contributed by atoms with E-state index in [-0.39, 0.29) is 17.1 Å². The summed E-state index contributed by atoms with van der Waals surface area (Å²) in [5, 5.41) is 0. The maximum absolute atomic E-state index is 3.91. The topological polar surface area (TPSA) is 54.5 Å². The van der Waals surface area contributed by atoms with Crippen LogP contribution in [0.1, 0.15) is 0 Å². The third-order valence-corrected chi connectivity index (χ3v) is 1.10. The molecule has 5 heteroatoms. The molecule has 0 bridgehead atoms. The number of imidazole rings is 1. The van der Waals surface area contributed by atoms with E-state index in [4.69, 9.17) is 0 Å². The standard InChI is InChI=1S/C5H4N4.Fe/c1-4-5(8-2-6-1)9-3-7-4;/h1-3H,(H,6,7,8,9);. The first-order valence-electron chi connectivity index (χ1n) is 2.56. The molecule has 0 spiro atoms. The zero-order valence-corrected chi connectivity index (χ0v) is 6.03. The normalized spacial score (nSPS) is 9.20. The van der Waals surface area contributed by atoms with Crippen molar-refractivity contribution in [2.75, 3.05) is 0 Å². The molecule has 0 aliphatic heterocycles. The summed E-state index contributed by atoms with van der Waals surface area (Å²) in [5.41, 5.74) is 1.59. The Morgan fingerprint density at radius 3 is 3.00 bits per heavy atom. The summed E-state index contributed by atoms with van der Waals surface area (Å²) in [4.78, 5) is 14.5. The zero-order chi connectivity index (χ0) is 6.10. The summed E-state index contributed by atoms with van der Waals surface area (Å²) in [6, 6.07) is 0. The van der Waals surface area contributed by atoms with Crippen LogP contribution < -0.4 is 0 Å². The van der Waals surface area contributed by atoms with Crippen LogP contribution in [0.3, 0.4) is 0 Å². The summed E-state index contributed by atoms with van der Waals surface area (Å²) in [5.74, 6) is 0. The van der Waals surface area contributed by atoms with Gasteiger partial charge in [-0.05, 0) is 0 Å². The van der Waals surface area contributed by atoms with Crippen molar-refractivity contribution in [1.29, 1.82) is 0 Å². The molecule has 2 rings (SSSR count). The number of rotatable bonds is 0. The molecule has 0 aromatic carbocycles. The van der Waals surface area contributed by atoms with Crippen LogP contribution in [0.5, 0.6) is 0 Å². The third kappa shape index (κ3) is 1.01. The molecule has 0 amide bonds. The first kappa shape index (κ1) is 7.18. The van der Waals surface area contributed by atoms with Gasteiger partial charge < -0.3 is 4.98 Å². The van der Waals surface area contributed by atoms with Crippen LogP contribution in [0, 0.1) is 0 Å². The minimum Gasteiger partial charge on any atom is -0.342 e. The smallest absolute Gasteiger partial charge is 0.180 e. The Balaban J connectivity index is 0.000000500. The van der Waals surface area contributed by atoms with Crippen LogP contribution in [0.25, 0.3) is 11.2 Å². The summed E-state index contributed by atoms with van der Waals surface area (Å²) in [7, 11) is 0. The molecule has 4 nitrogen and oxygen atoms in total. The molecule has 52 valence electrons. The second-order valence-electron chi connectivity index (χ2n) is 1.66. The van der Waals surface area contributed by atoms with Crippen molar-refractivity contribution < 1.29 is 17.1 Å². The van der Waals surface area contributed by atoms with Gasteiger partial charge in [-0.2, -0.15) is 0 Å². The predicted molar refractivity (Wildman–Crippen MR) is 31.7 cm³/mol. The van der Waals surface area contributed by atoms with Crippen molar-refractivity contribution >= 4 is 11.2 Å². The number of hydrogen-bond acceptors (Lipinski definition) is 3. The van der Waals surface area contributed by atoms with Crippen molar-refractivity contribution in [3.05, 3.63) is 18.9 Å². The number of aromatic amines is 1. The molecule has 0 aliphatic rings. The summed E-state index contributed by atoms with van der Waals surface area (Å²) in [6.07, 6.45) is 4.76. The molecule has 1 N–H and O–H groups in total. The average molecular weight is 176 g/mol. The molecule has 0 saturated carbocycles. The second-order valence-corrected chi connectivity index (χ2v) is 1.66. The van der Waals surface area contributed by atoms with Gasteiger partial charge in [0.1, 0.15) is 11.8 Å². The van der Waals surface area contributed by atoms with Crippen LogP contribution in [-0.2, 0) is 17.1 Å². The van der Waals surface area contributed by atoms with Gasteiger partial charge in [-0.15, -0.1) is 0 Å². The number of nitrogens with zero attached hydrogens (tertiary/aromatic N) is 3. The van der Waals surface area contributed by atoms with Crippen molar-refractivity contribution in [2.45, 2.75) is 0 Å². The fourth-order valence-corrected chi connectivity index (χ4v) is 0.691. The van der Waals surface area contributed by atoms with Crippen LogP contribution in [-0.4, -0.2) is 19.9 Å². The van der Waals surface area contributed by atoms with E-state index >= 15 is 0 Å².